The van der Waals surface area contributed by atoms with Crippen LogP contribution in [-0.2, 0) is 6.42 Å². The predicted molar refractivity (Wildman–Crippen MR) is 50.2 cm³/mol. The van der Waals surface area contributed by atoms with Gasteiger partial charge in [-0.15, -0.1) is 0 Å². The van der Waals surface area contributed by atoms with Crippen molar-refractivity contribution in [2.24, 2.45) is 0 Å². The van der Waals surface area contributed by atoms with Crippen LogP contribution in [0.3, 0.4) is 0 Å². The second-order valence-corrected chi connectivity index (χ2v) is 2.88. The van der Waals surface area contributed by atoms with Gasteiger partial charge in [-0.2, -0.15) is 0 Å². The van der Waals surface area contributed by atoms with E-state index in [2.05, 4.69) is 0 Å². The van der Waals surface area contributed by atoms with Crippen molar-refractivity contribution >= 4 is 11.4 Å². The van der Waals surface area contributed by atoms with Crippen molar-refractivity contribution in [2.45, 2.75) is 13.3 Å². The minimum atomic E-state index is -0.428. The molecular weight excluding hydrogens is 168 g/mol. The van der Waals surface area contributed by atoms with Crippen molar-refractivity contribution in [1.29, 1.82) is 5.41 Å². The molecule has 0 aliphatic heterocycles. The van der Waals surface area contributed by atoms with Crippen LogP contribution in [0.2, 0.25) is 0 Å². The monoisotopic (exact) mass is 178 g/mol. The van der Waals surface area contributed by atoms with Gasteiger partial charge in [0.05, 0.1) is 4.92 Å². The first-order valence-electron chi connectivity index (χ1n) is 3.87. The van der Waals surface area contributed by atoms with E-state index in [0.717, 1.165) is 5.56 Å². The van der Waals surface area contributed by atoms with Crippen LogP contribution in [0, 0.1) is 15.5 Å². The van der Waals surface area contributed by atoms with Crippen molar-refractivity contribution in [2.75, 3.05) is 0 Å². The van der Waals surface area contributed by atoms with Gasteiger partial charge in [-0.3, -0.25) is 10.1 Å². The van der Waals surface area contributed by atoms with E-state index < -0.39 is 4.92 Å². The number of hydrogen-bond donors (Lipinski definition) is 1. The fraction of sp³-hybridized carbons (Fsp3) is 0.222. The lowest BCUT2D eigenvalue weighted by Gasteiger charge is -1.98. The minimum Gasteiger partial charge on any atom is -0.310 e. The summed E-state index contributed by atoms with van der Waals surface area (Å²) < 4.78 is 0. The summed E-state index contributed by atoms with van der Waals surface area (Å²) in [6.45, 7) is 1.68. The Hall–Kier alpha value is -1.71. The number of nitro benzene ring substituents is 1. The van der Waals surface area contributed by atoms with Crippen LogP contribution in [0.4, 0.5) is 5.69 Å². The molecule has 1 aromatic rings. The van der Waals surface area contributed by atoms with Crippen LogP contribution in [0.15, 0.2) is 24.3 Å². The highest BCUT2D eigenvalue weighted by molar-refractivity contribution is 5.81. The highest BCUT2D eigenvalue weighted by Gasteiger charge is 2.05. The van der Waals surface area contributed by atoms with Gasteiger partial charge in [0.1, 0.15) is 0 Å². The average Bonchev–Trinajstić information content (AvgIpc) is 2.03. The number of nitrogens with zero attached hydrogens (tertiary/aromatic N) is 1. The summed E-state index contributed by atoms with van der Waals surface area (Å²) in [6, 6.07) is 6.36. The Morgan fingerprint density at radius 2 is 2.31 bits per heavy atom. The smallest absolute Gasteiger partial charge is 0.269 e. The second kappa shape index (κ2) is 3.80. The van der Waals surface area contributed by atoms with Gasteiger partial charge in [0.2, 0.25) is 0 Å². The quantitative estimate of drug-likeness (QED) is 0.438. The molecule has 68 valence electrons. The van der Waals surface area contributed by atoms with Crippen LogP contribution in [-0.4, -0.2) is 10.6 Å². The molecule has 13 heavy (non-hydrogen) atoms. The molecule has 0 spiro atoms. The van der Waals surface area contributed by atoms with Crippen LogP contribution in [0.5, 0.6) is 0 Å². The molecule has 0 aliphatic rings. The Bertz CT molecular complexity index is 347. The van der Waals surface area contributed by atoms with Gasteiger partial charge in [-0.05, 0) is 12.5 Å². The van der Waals surface area contributed by atoms with E-state index in [9.17, 15) is 10.1 Å². The Labute approximate surface area is 75.9 Å². The third kappa shape index (κ3) is 2.66. The summed E-state index contributed by atoms with van der Waals surface area (Å²) in [5.41, 5.74) is 1.39. The van der Waals surface area contributed by atoms with Gasteiger partial charge < -0.3 is 5.41 Å². The third-order valence-electron chi connectivity index (χ3n) is 1.59. The standard InChI is InChI=1S/C9H10N2O2/c1-7(10)5-8-3-2-4-9(6-8)11(12)13/h2-4,6,10H,5H2,1H3. The summed E-state index contributed by atoms with van der Waals surface area (Å²) in [4.78, 5) is 9.96. The normalized spacial score (nSPS) is 9.62. The summed E-state index contributed by atoms with van der Waals surface area (Å²) in [7, 11) is 0. The van der Waals surface area contributed by atoms with E-state index in [1.54, 1.807) is 19.1 Å². The largest absolute Gasteiger partial charge is 0.310 e. The van der Waals surface area contributed by atoms with Gasteiger partial charge in [0, 0.05) is 24.3 Å². The third-order valence-corrected chi connectivity index (χ3v) is 1.59. The Morgan fingerprint density at radius 3 is 2.85 bits per heavy atom. The molecule has 1 aromatic carbocycles. The molecule has 1 rings (SSSR count). The molecule has 0 saturated carbocycles. The van der Waals surface area contributed by atoms with E-state index in [4.69, 9.17) is 5.41 Å². The molecule has 0 fully saturated rings. The van der Waals surface area contributed by atoms with E-state index in [-0.39, 0.29) is 5.69 Å². The molecule has 0 aliphatic carbocycles. The van der Waals surface area contributed by atoms with Gasteiger partial charge >= 0.3 is 0 Å². The van der Waals surface area contributed by atoms with Gasteiger partial charge in [-0.1, -0.05) is 12.1 Å². The summed E-state index contributed by atoms with van der Waals surface area (Å²) in [6.07, 6.45) is 0.474. The molecule has 4 heteroatoms. The molecule has 0 atom stereocenters. The highest BCUT2D eigenvalue weighted by atomic mass is 16.6. The van der Waals surface area contributed by atoms with Gasteiger partial charge in [0.25, 0.3) is 5.69 Å². The molecule has 0 saturated heterocycles. The predicted octanol–water partition coefficient (Wildman–Crippen LogP) is 2.18. The fourth-order valence-electron chi connectivity index (χ4n) is 1.09. The van der Waals surface area contributed by atoms with Crippen molar-refractivity contribution in [3.63, 3.8) is 0 Å². The highest BCUT2D eigenvalue weighted by Crippen LogP contribution is 2.13. The van der Waals surface area contributed by atoms with Crippen LogP contribution in [0.25, 0.3) is 0 Å². The first kappa shape index (κ1) is 9.38. The molecule has 4 nitrogen and oxygen atoms in total. The van der Waals surface area contributed by atoms with E-state index >= 15 is 0 Å². The summed E-state index contributed by atoms with van der Waals surface area (Å²) >= 11 is 0. The molecule has 0 aromatic heterocycles. The van der Waals surface area contributed by atoms with Crippen LogP contribution in [0.1, 0.15) is 12.5 Å². The van der Waals surface area contributed by atoms with Crippen molar-refractivity contribution < 1.29 is 4.92 Å². The lowest BCUT2D eigenvalue weighted by Crippen LogP contribution is -1.96. The second-order valence-electron chi connectivity index (χ2n) is 2.88. The average molecular weight is 178 g/mol. The molecule has 0 radical (unpaired) electrons. The number of nitrogens with one attached hydrogen (secondary N) is 1. The minimum absolute atomic E-state index is 0.0822. The van der Waals surface area contributed by atoms with Crippen molar-refractivity contribution in [3.05, 3.63) is 39.9 Å². The van der Waals surface area contributed by atoms with Gasteiger partial charge in [-0.25, -0.2) is 0 Å². The fourth-order valence-corrected chi connectivity index (χ4v) is 1.09. The molecule has 0 unspecified atom stereocenters. The first-order valence-corrected chi connectivity index (χ1v) is 3.87. The zero-order chi connectivity index (χ0) is 9.84. The lowest BCUT2D eigenvalue weighted by atomic mass is 10.1. The molecule has 1 N–H and O–H groups in total. The Kier molecular flexibility index (Phi) is 2.74. The van der Waals surface area contributed by atoms with E-state index in [1.165, 1.54) is 12.1 Å². The van der Waals surface area contributed by atoms with Crippen LogP contribution >= 0.6 is 0 Å². The number of rotatable bonds is 3. The summed E-state index contributed by atoms with van der Waals surface area (Å²) in [5, 5.41) is 17.6. The number of benzene rings is 1. The van der Waals surface area contributed by atoms with E-state index in [0.29, 0.717) is 12.1 Å². The zero-order valence-corrected chi connectivity index (χ0v) is 7.28. The SMILES string of the molecule is CC(=N)Cc1cccc([N+](=O)[O-])c1. The number of hydrogen-bond acceptors (Lipinski definition) is 3. The Balaban J connectivity index is 2.91. The number of non-ortho nitro benzene ring substituents is 1. The number of nitro groups is 1. The molecular formula is C9H10N2O2. The van der Waals surface area contributed by atoms with Crippen molar-refractivity contribution in [1.82, 2.24) is 0 Å². The summed E-state index contributed by atoms with van der Waals surface area (Å²) in [5.74, 6) is 0. The molecule has 0 heterocycles. The lowest BCUT2D eigenvalue weighted by molar-refractivity contribution is -0.384. The maximum Gasteiger partial charge on any atom is 0.269 e. The Morgan fingerprint density at radius 1 is 1.62 bits per heavy atom. The topological polar surface area (TPSA) is 67.0 Å². The maximum absolute atomic E-state index is 10.4. The van der Waals surface area contributed by atoms with Gasteiger partial charge in [0.15, 0.2) is 0 Å². The molecule has 0 amide bonds. The zero-order valence-electron chi connectivity index (χ0n) is 7.28. The van der Waals surface area contributed by atoms with E-state index in [1.807, 2.05) is 0 Å². The van der Waals surface area contributed by atoms with Crippen molar-refractivity contribution in [3.8, 4) is 0 Å². The first-order chi connectivity index (χ1) is 6.09. The maximum atomic E-state index is 10.4. The van der Waals surface area contributed by atoms with Crippen LogP contribution < -0.4 is 0 Å². The molecule has 0 bridgehead atoms.